The number of aliphatic carboxylic acids is 1. The molecule has 1 atom stereocenters. The molecule has 0 aliphatic carbocycles. The van der Waals surface area contributed by atoms with Gasteiger partial charge in [0.25, 0.3) is 5.91 Å². The van der Waals surface area contributed by atoms with Crippen molar-refractivity contribution in [2.75, 3.05) is 0 Å². The molecule has 0 aliphatic rings. The lowest BCUT2D eigenvalue weighted by Gasteiger charge is -2.23. The SMILES string of the molecule is Cc1c([C@@H](C)C(=O)NC(C)(C)C(=O)O)c2cc(O)ccc2n1C(=O)c1cccc(Cl)c1. The first-order valence-electron chi connectivity index (χ1n) is 9.63. The number of halogens is 1. The normalized spacial score (nSPS) is 12.5. The number of hydrogen-bond acceptors (Lipinski definition) is 4. The smallest absolute Gasteiger partial charge is 0.328 e. The Kier molecular flexibility index (Phi) is 5.83. The minimum Gasteiger partial charge on any atom is -0.508 e. The molecule has 7 nitrogen and oxygen atoms in total. The number of benzene rings is 2. The second-order valence-corrected chi connectivity index (χ2v) is 8.43. The summed E-state index contributed by atoms with van der Waals surface area (Å²) in [6.07, 6.45) is 0. The fourth-order valence-corrected chi connectivity index (χ4v) is 3.78. The molecule has 0 fully saturated rings. The molecule has 0 bridgehead atoms. The summed E-state index contributed by atoms with van der Waals surface area (Å²) in [6, 6.07) is 11.1. The van der Waals surface area contributed by atoms with Gasteiger partial charge in [-0.15, -0.1) is 0 Å². The van der Waals surface area contributed by atoms with Crippen LogP contribution in [0.15, 0.2) is 42.5 Å². The van der Waals surface area contributed by atoms with Crippen LogP contribution in [0.1, 0.15) is 48.3 Å². The summed E-state index contributed by atoms with van der Waals surface area (Å²) < 4.78 is 1.47. The quantitative estimate of drug-likeness (QED) is 0.551. The lowest BCUT2D eigenvalue weighted by Crippen LogP contribution is -2.50. The highest BCUT2D eigenvalue weighted by Crippen LogP contribution is 2.35. The molecule has 0 radical (unpaired) electrons. The Labute approximate surface area is 184 Å². The highest BCUT2D eigenvalue weighted by atomic mass is 35.5. The minimum atomic E-state index is -1.46. The minimum absolute atomic E-state index is 0.0143. The highest BCUT2D eigenvalue weighted by molar-refractivity contribution is 6.31. The van der Waals surface area contributed by atoms with Gasteiger partial charge < -0.3 is 15.5 Å². The Bertz CT molecular complexity index is 1210. The van der Waals surface area contributed by atoms with Crippen LogP contribution in [-0.2, 0) is 9.59 Å². The lowest BCUT2D eigenvalue weighted by molar-refractivity contribution is -0.146. The van der Waals surface area contributed by atoms with Crippen LogP contribution >= 0.6 is 11.6 Å². The molecule has 1 amide bonds. The number of hydrogen-bond donors (Lipinski definition) is 3. The average molecular weight is 443 g/mol. The zero-order valence-corrected chi connectivity index (χ0v) is 18.3. The highest BCUT2D eigenvalue weighted by Gasteiger charge is 2.33. The van der Waals surface area contributed by atoms with Gasteiger partial charge in [0.1, 0.15) is 11.3 Å². The number of phenols is 1. The van der Waals surface area contributed by atoms with Crippen LogP contribution in [0, 0.1) is 6.92 Å². The standard InChI is InChI=1S/C23H23ClN2O5/c1-12(20(28)25-23(3,4)22(30)31)19-13(2)26(18-9-8-16(27)11-17(18)19)21(29)14-6-5-7-15(24)10-14/h5-12,27H,1-4H3,(H,25,28)(H,30,31)/t12-/m1/s1. The van der Waals surface area contributed by atoms with Crippen LogP contribution in [0.2, 0.25) is 5.02 Å². The van der Waals surface area contributed by atoms with Gasteiger partial charge in [0.15, 0.2) is 0 Å². The third-order valence-electron chi connectivity index (χ3n) is 5.31. The first kappa shape index (κ1) is 22.4. The van der Waals surface area contributed by atoms with Gasteiger partial charge in [-0.2, -0.15) is 0 Å². The molecule has 1 heterocycles. The molecular weight excluding hydrogens is 420 g/mol. The second kappa shape index (κ2) is 8.07. The molecule has 2 aromatic carbocycles. The molecule has 162 valence electrons. The molecule has 3 N–H and O–H groups in total. The van der Waals surface area contributed by atoms with Gasteiger partial charge in [0.05, 0.1) is 11.4 Å². The molecule has 31 heavy (non-hydrogen) atoms. The number of carbonyl (C=O) groups is 3. The molecular formula is C23H23ClN2O5. The number of aromatic hydroxyl groups is 1. The van der Waals surface area contributed by atoms with Gasteiger partial charge >= 0.3 is 5.97 Å². The maximum atomic E-state index is 13.3. The Hall–Kier alpha value is -3.32. The summed E-state index contributed by atoms with van der Waals surface area (Å²) in [7, 11) is 0. The van der Waals surface area contributed by atoms with E-state index in [0.717, 1.165) is 0 Å². The van der Waals surface area contributed by atoms with Crippen molar-refractivity contribution in [3.05, 3.63) is 64.3 Å². The molecule has 3 rings (SSSR count). The zero-order valence-electron chi connectivity index (χ0n) is 17.6. The Morgan fingerprint density at radius 3 is 2.42 bits per heavy atom. The predicted molar refractivity (Wildman–Crippen MR) is 118 cm³/mol. The van der Waals surface area contributed by atoms with Crippen LogP contribution in [-0.4, -0.2) is 38.1 Å². The van der Waals surface area contributed by atoms with E-state index in [2.05, 4.69) is 5.32 Å². The van der Waals surface area contributed by atoms with Gasteiger partial charge in [-0.05, 0) is 69.7 Å². The third kappa shape index (κ3) is 4.14. The monoisotopic (exact) mass is 442 g/mol. The molecule has 0 unspecified atom stereocenters. The number of carboxylic acid groups (broad SMARTS) is 1. The molecule has 0 aliphatic heterocycles. The van der Waals surface area contributed by atoms with E-state index in [1.165, 1.54) is 30.5 Å². The van der Waals surface area contributed by atoms with Crippen LogP contribution in [0.3, 0.4) is 0 Å². The van der Waals surface area contributed by atoms with E-state index in [-0.39, 0.29) is 11.7 Å². The first-order valence-corrected chi connectivity index (χ1v) is 10.0. The largest absolute Gasteiger partial charge is 0.508 e. The van der Waals surface area contributed by atoms with Crippen molar-refractivity contribution in [1.82, 2.24) is 9.88 Å². The van der Waals surface area contributed by atoms with E-state index < -0.39 is 23.3 Å². The van der Waals surface area contributed by atoms with Crippen LogP contribution in [0.5, 0.6) is 5.75 Å². The van der Waals surface area contributed by atoms with Crippen molar-refractivity contribution < 1.29 is 24.6 Å². The van der Waals surface area contributed by atoms with Gasteiger partial charge in [-0.25, -0.2) is 4.79 Å². The number of aromatic nitrogens is 1. The number of carbonyl (C=O) groups excluding carboxylic acids is 2. The van der Waals surface area contributed by atoms with Crippen molar-refractivity contribution in [1.29, 1.82) is 0 Å². The van der Waals surface area contributed by atoms with Crippen LogP contribution in [0.4, 0.5) is 0 Å². The summed E-state index contributed by atoms with van der Waals surface area (Å²) >= 11 is 6.04. The van der Waals surface area contributed by atoms with Crippen molar-refractivity contribution in [3.8, 4) is 5.75 Å². The number of nitrogens with zero attached hydrogens (tertiary/aromatic N) is 1. The van der Waals surface area contributed by atoms with Crippen molar-refractivity contribution >= 4 is 40.3 Å². The molecule has 1 aromatic heterocycles. The van der Waals surface area contributed by atoms with Gasteiger partial charge in [-0.1, -0.05) is 17.7 Å². The third-order valence-corrected chi connectivity index (χ3v) is 5.54. The predicted octanol–water partition coefficient (Wildman–Crippen LogP) is 4.08. The summed E-state index contributed by atoms with van der Waals surface area (Å²) in [6.45, 7) is 6.13. The topological polar surface area (TPSA) is 109 Å². The average Bonchev–Trinajstić information content (AvgIpc) is 2.97. The van der Waals surface area contributed by atoms with Crippen LogP contribution in [0.25, 0.3) is 10.9 Å². The fourth-order valence-electron chi connectivity index (χ4n) is 3.59. The second-order valence-electron chi connectivity index (χ2n) is 7.99. The number of carboxylic acids is 1. The van der Waals surface area contributed by atoms with E-state index in [1.807, 2.05) is 0 Å². The fraction of sp³-hybridized carbons (Fsp3) is 0.261. The summed E-state index contributed by atoms with van der Waals surface area (Å²) in [5.41, 5.74) is 0.473. The van der Waals surface area contributed by atoms with Gasteiger partial charge in [0.2, 0.25) is 5.91 Å². The number of nitrogens with one attached hydrogen (secondary N) is 1. The van der Waals surface area contributed by atoms with Crippen molar-refractivity contribution in [3.63, 3.8) is 0 Å². The van der Waals surface area contributed by atoms with Gasteiger partial charge in [-0.3, -0.25) is 14.2 Å². The van der Waals surface area contributed by atoms with E-state index in [9.17, 15) is 24.6 Å². The van der Waals surface area contributed by atoms with E-state index in [1.54, 1.807) is 44.2 Å². The molecule has 3 aromatic rings. The zero-order chi connectivity index (χ0) is 23.1. The number of fused-ring (bicyclic) bond motifs is 1. The summed E-state index contributed by atoms with van der Waals surface area (Å²) in [5.74, 6) is -2.80. The van der Waals surface area contributed by atoms with E-state index in [4.69, 9.17) is 11.6 Å². The summed E-state index contributed by atoms with van der Waals surface area (Å²) in [5, 5.41) is 22.8. The Balaban J connectivity index is 2.16. The maximum absolute atomic E-state index is 13.3. The van der Waals surface area contributed by atoms with Gasteiger partial charge in [0, 0.05) is 21.7 Å². The lowest BCUT2D eigenvalue weighted by atomic mass is 9.95. The van der Waals surface area contributed by atoms with Crippen molar-refractivity contribution in [2.24, 2.45) is 0 Å². The molecule has 8 heteroatoms. The van der Waals surface area contributed by atoms with E-state index in [0.29, 0.717) is 32.7 Å². The maximum Gasteiger partial charge on any atom is 0.328 e. The Morgan fingerprint density at radius 1 is 1.13 bits per heavy atom. The molecule has 0 spiro atoms. The first-order chi connectivity index (χ1) is 14.4. The number of rotatable bonds is 5. The van der Waals surface area contributed by atoms with E-state index >= 15 is 0 Å². The molecule has 0 saturated heterocycles. The van der Waals surface area contributed by atoms with Crippen molar-refractivity contribution in [2.45, 2.75) is 39.2 Å². The Morgan fingerprint density at radius 2 is 1.81 bits per heavy atom. The molecule has 0 saturated carbocycles. The van der Waals surface area contributed by atoms with Crippen LogP contribution < -0.4 is 5.32 Å². The summed E-state index contributed by atoms with van der Waals surface area (Å²) in [4.78, 5) is 37.6. The number of amides is 1. The number of phenolic OH excluding ortho intramolecular Hbond substituents is 1.